The number of nitrogens with zero attached hydrogens (tertiary/aromatic N) is 1. The Balaban J connectivity index is 1.41. The van der Waals surface area contributed by atoms with E-state index < -0.39 is 0 Å². The van der Waals surface area contributed by atoms with Gasteiger partial charge in [0.2, 0.25) is 5.91 Å². The summed E-state index contributed by atoms with van der Waals surface area (Å²) in [6, 6.07) is 11.7. The van der Waals surface area contributed by atoms with E-state index in [4.69, 9.17) is 0 Å². The van der Waals surface area contributed by atoms with E-state index in [1.807, 2.05) is 35.2 Å². The fourth-order valence-corrected chi connectivity index (χ4v) is 3.80. The van der Waals surface area contributed by atoms with Crippen molar-refractivity contribution in [2.24, 2.45) is 0 Å². The number of hydrogen-bond donors (Lipinski definition) is 2. The van der Waals surface area contributed by atoms with Crippen molar-refractivity contribution in [3.63, 3.8) is 0 Å². The molecule has 6 heteroatoms. The van der Waals surface area contributed by atoms with Crippen LogP contribution in [-0.2, 0) is 17.8 Å². The number of carbonyl (C=O) groups is 2. The highest BCUT2D eigenvalue weighted by Crippen LogP contribution is 2.15. The van der Waals surface area contributed by atoms with Gasteiger partial charge in [-0.3, -0.25) is 4.79 Å². The molecular formula is C20H25N3O2S. The number of rotatable bonds is 7. The number of aryl methyl sites for hydroxylation is 1. The smallest absolute Gasteiger partial charge is 0.321 e. The molecule has 1 aromatic heterocycles. The molecule has 5 nitrogen and oxygen atoms in total. The SMILES string of the molecule is O=C(CCCc1cccs1)NCc1cccc(NC(=O)N2CCCC2)c1. The van der Waals surface area contributed by atoms with E-state index in [1.54, 1.807) is 11.3 Å². The third-order valence-corrected chi connectivity index (χ3v) is 5.40. The Morgan fingerprint density at radius 3 is 2.73 bits per heavy atom. The van der Waals surface area contributed by atoms with Crippen LogP contribution in [0.5, 0.6) is 0 Å². The third-order valence-electron chi connectivity index (χ3n) is 4.47. The van der Waals surface area contributed by atoms with Crippen LogP contribution in [0.1, 0.15) is 36.1 Å². The lowest BCUT2D eigenvalue weighted by atomic mass is 10.2. The summed E-state index contributed by atoms with van der Waals surface area (Å²) >= 11 is 1.73. The number of amides is 3. The normalized spacial score (nSPS) is 13.6. The van der Waals surface area contributed by atoms with Gasteiger partial charge in [0.15, 0.2) is 0 Å². The molecule has 2 N–H and O–H groups in total. The largest absolute Gasteiger partial charge is 0.352 e. The highest BCUT2D eigenvalue weighted by molar-refractivity contribution is 7.09. The van der Waals surface area contributed by atoms with Crippen LogP contribution in [0.25, 0.3) is 0 Å². The molecule has 138 valence electrons. The van der Waals surface area contributed by atoms with Gasteiger partial charge in [-0.1, -0.05) is 18.2 Å². The Morgan fingerprint density at radius 2 is 1.96 bits per heavy atom. The van der Waals surface area contributed by atoms with Gasteiger partial charge in [-0.2, -0.15) is 0 Å². The lowest BCUT2D eigenvalue weighted by Crippen LogP contribution is -2.32. The maximum atomic E-state index is 12.2. The average Bonchev–Trinajstić information content (AvgIpc) is 3.34. The molecule has 1 aromatic carbocycles. The topological polar surface area (TPSA) is 61.4 Å². The second-order valence-electron chi connectivity index (χ2n) is 6.53. The van der Waals surface area contributed by atoms with Crippen LogP contribution in [0, 0.1) is 0 Å². The summed E-state index contributed by atoms with van der Waals surface area (Å²) in [6.07, 6.45) is 4.49. The number of thiophene rings is 1. The first-order valence-electron chi connectivity index (χ1n) is 9.15. The lowest BCUT2D eigenvalue weighted by molar-refractivity contribution is -0.121. The number of hydrogen-bond acceptors (Lipinski definition) is 3. The minimum atomic E-state index is -0.0442. The molecule has 2 aromatic rings. The number of urea groups is 1. The summed E-state index contributed by atoms with van der Waals surface area (Å²) in [7, 11) is 0. The van der Waals surface area contributed by atoms with E-state index in [1.165, 1.54) is 4.88 Å². The molecule has 0 atom stereocenters. The Kier molecular flexibility index (Phi) is 6.66. The lowest BCUT2D eigenvalue weighted by Gasteiger charge is -2.16. The highest BCUT2D eigenvalue weighted by Gasteiger charge is 2.17. The Bertz CT molecular complexity index is 724. The first-order chi connectivity index (χ1) is 12.7. The van der Waals surface area contributed by atoms with Gasteiger partial charge in [-0.15, -0.1) is 11.3 Å². The van der Waals surface area contributed by atoms with Crippen molar-refractivity contribution in [3.8, 4) is 0 Å². The fourth-order valence-electron chi connectivity index (χ4n) is 3.05. The second-order valence-corrected chi connectivity index (χ2v) is 7.57. The summed E-state index contributed by atoms with van der Waals surface area (Å²) in [5.41, 5.74) is 1.75. The first kappa shape index (κ1) is 18.5. The van der Waals surface area contributed by atoms with Gasteiger partial charge in [-0.05, 0) is 54.8 Å². The number of likely N-dealkylation sites (tertiary alicyclic amines) is 1. The quantitative estimate of drug-likeness (QED) is 0.772. The molecule has 1 aliphatic heterocycles. The zero-order valence-electron chi connectivity index (χ0n) is 14.9. The molecule has 0 saturated carbocycles. The van der Waals surface area contributed by atoms with Gasteiger partial charge >= 0.3 is 6.03 Å². The van der Waals surface area contributed by atoms with Gasteiger partial charge in [-0.25, -0.2) is 4.79 Å². The molecule has 0 aliphatic carbocycles. The molecule has 0 bridgehead atoms. The summed E-state index contributed by atoms with van der Waals surface area (Å²) in [5.74, 6) is 0.0630. The summed E-state index contributed by atoms with van der Waals surface area (Å²) in [5, 5.41) is 7.95. The standard InChI is InChI=1S/C20H25N3O2S/c24-19(10-4-8-18-9-5-13-26-18)21-15-16-6-3-7-17(14-16)22-20(25)23-11-1-2-12-23/h3,5-7,9,13-14H,1-2,4,8,10-12,15H2,(H,21,24)(H,22,25). The van der Waals surface area contributed by atoms with Crippen molar-refractivity contribution < 1.29 is 9.59 Å². The molecular weight excluding hydrogens is 346 g/mol. The molecule has 0 spiro atoms. The van der Waals surface area contributed by atoms with E-state index in [0.717, 1.165) is 50.0 Å². The van der Waals surface area contributed by atoms with Crippen molar-refractivity contribution in [2.75, 3.05) is 18.4 Å². The van der Waals surface area contributed by atoms with E-state index in [-0.39, 0.29) is 11.9 Å². The molecule has 2 heterocycles. The zero-order chi connectivity index (χ0) is 18.2. The molecule has 0 radical (unpaired) electrons. The van der Waals surface area contributed by atoms with Crippen molar-refractivity contribution >= 4 is 29.0 Å². The molecule has 3 rings (SSSR count). The Morgan fingerprint density at radius 1 is 1.12 bits per heavy atom. The van der Waals surface area contributed by atoms with Crippen LogP contribution in [-0.4, -0.2) is 29.9 Å². The van der Waals surface area contributed by atoms with E-state index in [9.17, 15) is 9.59 Å². The summed E-state index contributed by atoms with van der Waals surface area (Å²) in [6.45, 7) is 2.13. The van der Waals surface area contributed by atoms with Crippen LogP contribution in [0.2, 0.25) is 0 Å². The minimum absolute atomic E-state index is 0.0442. The molecule has 3 amide bonds. The van der Waals surface area contributed by atoms with Crippen LogP contribution >= 0.6 is 11.3 Å². The van der Waals surface area contributed by atoms with Gasteiger partial charge in [0.25, 0.3) is 0 Å². The molecule has 1 saturated heterocycles. The van der Waals surface area contributed by atoms with E-state index in [2.05, 4.69) is 22.1 Å². The fraction of sp³-hybridized carbons (Fsp3) is 0.400. The third kappa shape index (κ3) is 5.59. The van der Waals surface area contributed by atoms with Crippen LogP contribution in [0.4, 0.5) is 10.5 Å². The average molecular weight is 372 g/mol. The van der Waals surface area contributed by atoms with Gasteiger partial charge < -0.3 is 15.5 Å². The molecule has 0 unspecified atom stereocenters. The Hall–Kier alpha value is -2.34. The number of benzene rings is 1. The number of anilines is 1. The predicted molar refractivity (Wildman–Crippen MR) is 105 cm³/mol. The van der Waals surface area contributed by atoms with Crippen LogP contribution in [0.3, 0.4) is 0 Å². The maximum absolute atomic E-state index is 12.2. The van der Waals surface area contributed by atoms with Crippen molar-refractivity contribution in [3.05, 3.63) is 52.2 Å². The number of carbonyl (C=O) groups excluding carboxylic acids is 2. The second kappa shape index (κ2) is 9.38. The Labute approximate surface area is 158 Å². The van der Waals surface area contributed by atoms with Crippen molar-refractivity contribution in [1.82, 2.24) is 10.2 Å². The van der Waals surface area contributed by atoms with Crippen molar-refractivity contribution in [1.29, 1.82) is 0 Å². The van der Waals surface area contributed by atoms with E-state index >= 15 is 0 Å². The zero-order valence-corrected chi connectivity index (χ0v) is 15.7. The molecule has 26 heavy (non-hydrogen) atoms. The minimum Gasteiger partial charge on any atom is -0.352 e. The predicted octanol–water partition coefficient (Wildman–Crippen LogP) is 4.01. The van der Waals surface area contributed by atoms with Crippen molar-refractivity contribution in [2.45, 2.75) is 38.6 Å². The van der Waals surface area contributed by atoms with E-state index in [0.29, 0.717) is 13.0 Å². The van der Waals surface area contributed by atoms with Crippen LogP contribution < -0.4 is 10.6 Å². The van der Waals surface area contributed by atoms with Gasteiger partial charge in [0.1, 0.15) is 0 Å². The maximum Gasteiger partial charge on any atom is 0.321 e. The highest BCUT2D eigenvalue weighted by atomic mass is 32.1. The summed E-state index contributed by atoms with van der Waals surface area (Å²) < 4.78 is 0. The number of nitrogens with one attached hydrogen (secondary N) is 2. The molecule has 1 aliphatic rings. The molecule has 1 fully saturated rings. The first-order valence-corrected chi connectivity index (χ1v) is 10.0. The summed E-state index contributed by atoms with van der Waals surface area (Å²) in [4.78, 5) is 27.3. The van der Waals surface area contributed by atoms with Gasteiger partial charge in [0.05, 0.1) is 0 Å². The van der Waals surface area contributed by atoms with Gasteiger partial charge in [0, 0.05) is 36.6 Å². The monoisotopic (exact) mass is 371 g/mol. The van der Waals surface area contributed by atoms with Crippen LogP contribution in [0.15, 0.2) is 41.8 Å².